The zero-order chi connectivity index (χ0) is 12.8. The van der Waals surface area contributed by atoms with Gasteiger partial charge in [-0.1, -0.05) is 18.2 Å². The van der Waals surface area contributed by atoms with Crippen molar-refractivity contribution in [1.82, 2.24) is 9.55 Å². The molecule has 0 aliphatic rings. The van der Waals surface area contributed by atoms with Crippen molar-refractivity contribution in [2.24, 2.45) is 0 Å². The standard InChI is InChI=1S/C14H19N3S/c1-12-11-17(9-6-10-18-2)14(15-12)16-13-7-4-3-5-8-13/h3-5,7-8,11H,6,9-10H2,1-2H3,(H,15,16). The Hall–Kier alpha value is -1.42. The van der Waals surface area contributed by atoms with Gasteiger partial charge in [-0.2, -0.15) is 11.8 Å². The number of nitrogens with zero attached hydrogens (tertiary/aromatic N) is 2. The second-order valence-corrected chi connectivity index (χ2v) is 5.22. The van der Waals surface area contributed by atoms with E-state index in [4.69, 9.17) is 0 Å². The van der Waals surface area contributed by atoms with Crippen LogP contribution in [-0.2, 0) is 6.54 Å². The molecule has 2 aromatic rings. The molecule has 4 heteroatoms. The predicted molar refractivity (Wildman–Crippen MR) is 79.7 cm³/mol. The summed E-state index contributed by atoms with van der Waals surface area (Å²) < 4.78 is 2.19. The van der Waals surface area contributed by atoms with E-state index in [-0.39, 0.29) is 0 Å². The van der Waals surface area contributed by atoms with E-state index in [0.717, 1.165) is 23.9 Å². The number of aryl methyl sites for hydroxylation is 2. The van der Waals surface area contributed by atoms with Gasteiger partial charge in [0.25, 0.3) is 0 Å². The molecule has 0 aliphatic carbocycles. The Morgan fingerprint density at radius 3 is 2.78 bits per heavy atom. The molecule has 0 fully saturated rings. The molecule has 0 spiro atoms. The first-order valence-corrected chi connectivity index (χ1v) is 7.54. The van der Waals surface area contributed by atoms with Gasteiger partial charge < -0.3 is 9.88 Å². The first-order valence-electron chi connectivity index (χ1n) is 6.14. The van der Waals surface area contributed by atoms with Gasteiger partial charge in [0, 0.05) is 18.4 Å². The van der Waals surface area contributed by atoms with Crippen LogP contribution in [0, 0.1) is 6.92 Å². The van der Waals surface area contributed by atoms with Crippen LogP contribution >= 0.6 is 11.8 Å². The molecule has 0 aliphatic heterocycles. The van der Waals surface area contributed by atoms with Crippen molar-refractivity contribution in [3.05, 3.63) is 42.2 Å². The third kappa shape index (κ3) is 3.53. The van der Waals surface area contributed by atoms with Crippen molar-refractivity contribution >= 4 is 23.4 Å². The Morgan fingerprint density at radius 1 is 1.28 bits per heavy atom. The Bertz CT molecular complexity index is 479. The normalized spacial score (nSPS) is 10.6. The molecule has 0 bridgehead atoms. The Labute approximate surface area is 113 Å². The lowest BCUT2D eigenvalue weighted by molar-refractivity contribution is 0.691. The van der Waals surface area contributed by atoms with E-state index in [0.29, 0.717) is 0 Å². The average Bonchev–Trinajstić information content (AvgIpc) is 2.71. The van der Waals surface area contributed by atoms with Crippen LogP contribution in [0.25, 0.3) is 0 Å². The number of benzene rings is 1. The summed E-state index contributed by atoms with van der Waals surface area (Å²) in [4.78, 5) is 4.53. The number of aromatic nitrogens is 2. The molecule has 3 nitrogen and oxygen atoms in total. The smallest absolute Gasteiger partial charge is 0.207 e. The molecule has 0 saturated carbocycles. The predicted octanol–water partition coefficient (Wildman–Crippen LogP) is 3.69. The van der Waals surface area contributed by atoms with Crippen molar-refractivity contribution in [1.29, 1.82) is 0 Å². The van der Waals surface area contributed by atoms with Crippen LogP contribution < -0.4 is 5.32 Å². The van der Waals surface area contributed by atoms with Gasteiger partial charge in [0.05, 0.1) is 5.69 Å². The molecule has 18 heavy (non-hydrogen) atoms. The van der Waals surface area contributed by atoms with E-state index in [9.17, 15) is 0 Å². The molecule has 96 valence electrons. The molecule has 0 saturated heterocycles. The van der Waals surface area contributed by atoms with E-state index < -0.39 is 0 Å². The topological polar surface area (TPSA) is 29.9 Å². The highest BCUT2D eigenvalue weighted by atomic mass is 32.2. The van der Waals surface area contributed by atoms with E-state index in [1.165, 1.54) is 12.2 Å². The summed E-state index contributed by atoms with van der Waals surface area (Å²) in [5.74, 6) is 2.11. The van der Waals surface area contributed by atoms with E-state index in [1.54, 1.807) is 0 Å². The summed E-state index contributed by atoms with van der Waals surface area (Å²) in [5, 5.41) is 3.37. The molecule has 1 aromatic carbocycles. The van der Waals surface area contributed by atoms with Crippen molar-refractivity contribution < 1.29 is 0 Å². The molecular weight excluding hydrogens is 242 g/mol. The number of anilines is 2. The van der Waals surface area contributed by atoms with Crippen LogP contribution in [0.2, 0.25) is 0 Å². The quantitative estimate of drug-likeness (QED) is 0.804. The minimum absolute atomic E-state index is 0.930. The zero-order valence-corrected chi connectivity index (χ0v) is 11.7. The van der Waals surface area contributed by atoms with E-state index >= 15 is 0 Å². The first-order chi connectivity index (χ1) is 8.79. The van der Waals surface area contributed by atoms with Crippen molar-refractivity contribution in [3.8, 4) is 0 Å². The summed E-state index contributed by atoms with van der Waals surface area (Å²) in [5.41, 5.74) is 2.13. The van der Waals surface area contributed by atoms with Crippen molar-refractivity contribution in [3.63, 3.8) is 0 Å². The van der Waals surface area contributed by atoms with Gasteiger partial charge in [-0.25, -0.2) is 4.98 Å². The maximum Gasteiger partial charge on any atom is 0.207 e. The van der Waals surface area contributed by atoms with Gasteiger partial charge >= 0.3 is 0 Å². The molecule has 1 heterocycles. The van der Waals surface area contributed by atoms with Crippen LogP contribution in [0.4, 0.5) is 11.6 Å². The molecule has 2 rings (SSSR count). The average molecular weight is 261 g/mol. The maximum atomic E-state index is 4.53. The molecule has 0 amide bonds. The molecule has 0 radical (unpaired) electrons. The molecule has 0 unspecified atom stereocenters. The monoisotopic (exact) mass is 261 g/mol. The lowest BCUT2D eigenvalue weighted by atomic mass is 10.3. The summed E-state index contributed by atoms with van der Waals surface area (Å²) in [7, 11) is 0. The van der Waals surface area contributed by atoms with Crippen LogP contribution in [-0.4, -0.2) is 21.6 Å². The highest BCUT2D eigenvalue weighted by molar-refractivity contribution is 7.98. The fourth-order valence-electron chi connectivity index (χ4n) is 1.85. The third-order valence-corrected chi connectivity index (χ3v) is 3.37. The van der Waals surface area contributed by atoms with Gasteiger partial charge in [0.2, 0.25) is 5.95 Å². The molecule has 1 N–H and O–H groups in total. The van der Waals surface area contributed by atoms with Gasteiger partial charge in [-0.05, 0) is 37.5 Å². The number of thioether (sulfide) groups is 1. The maximum absolute atomic E-state index is 4.53. The highest BCUT2D eigenvalue weighted by Crippen LogP contribution is 2.16. The van der Waals surface area contributed by atoms with Crippen LogP contribution in [0.3, 0.4) is 0 Å². The van der Waals surface area contributed by atoms with E-state index in [1.807, 2.05) is 36.9 Å². The van der Waals surface area contributed by atoms with Gasteiger partial charge in [-0.15, -0.1) is 0 Å². The fourth-order valence-corrected chi connectivity index (χ4v) is 2.26. The highest BCUT2D eigenvalue weighted by Gasteiger charge is 2.05. The van der Waals surface area contributed by atoms with Crippen LogP contribution in [0.15, 0.2) is 36.5 Å². The van der Waals surface area contributed by atoms with Gasteiger partial charge in [-0.3, -0.25) is 0 Å². The Morgan fingerprint density at radius 2 is 2.06 bits per heavy atom. The summed E-state index contributed by atoms with van der Waals surface area (Å²) in [6.07, 6.45) is 5.41. The van der Waals surface area contributed by atoms with Crippen LogP contribution in [0.1, 0.15) is 12.1 Å². The second kappa shape index (κ2) is 6.50. The molecule has 1 aromatic heterocycles. The minimum atomic E-state index is 0.930. The van der Waals surface area contributed by atoms with E-state index in [2.05, 4.69) is 39.5 Å². The largest absolute Gasteiger partial charge is 0.326 e. The first kappa shape index (κ1) is 13.0. The summed E-state index contributed by atoms with van der Waals surface area (Å²) in [6.45, 7) is 3.04. The fraction of sp³-hybridized carbons (Fsp3) is 0.357. The third-order valence-electron chi connectivity index (χ3n) is 2.67. The lowest BCUT2D eigenvalue weighted by Gasteiger charge is -2.09. The molecular formula is C14H19N3S. The zero-order valence-electron chi connectivity index (χ0n) is 10.9. The number of hydrogen-bond acceptors (Lipinski definition) is 3. The Balaban J connectivity index is 2.07. The SMILES string of the molecule is CSCCCn1cc(C)nc1Nc1ccccc1. The van der Waals surface area contributed by atoms with Gasteiger partial charge in [0.1, 0.15) is 0 Å². The summed E-state index contributed by atoms with van der Waals surface area (Å²) in [6, 6.07) is 10.2. The number of nitrogens with one attached hydrogen (secondary N) is 1. The number of rotatable bonds is 6. The number of imidazole rings is 1. The lowest BCUT2D eigenvalue weighted by Crippen LogP contribution is -2.03. The van der Waals surface area contributed by atoms with Gasteiger partial charge in [0.15, 0.2) is 0 Å². The Kier molecular flexibility index (Phi) is 4.70. The number of para-hydroxylation sites is 1. The second-order valence-electron chi connectivity index (χ2n) is 4.24. The van der Waals surface area contributed by atoms with Crippen molar-refractivity contribution in [2.75, 3.05) is 17.3 Å². The van der Waals surface area contributed by atoms with Crippen LogP contribution in [0.5, 0.6) is 0 Å². The van der Waals surface area contributed by atoms with Crippen molar-refractivity contribution in [2.45, 2.75) is 19.9 Å². The number of hydrogen-bond donors (Lipinski definition) is 1. The summed E-state index contributed by atoms with van der Waals surface area (Å²) >= 11 is 1.88. The molecule has 0 atom stereocenters. The minimum Gasteiger partial charge on any atom is -0.326 e.